The molecule has 0 aliphatic carbocycles. The normalized spacial score (nSPS) is 19.9. The first-order valence-electron chi connectivity index (χ1n) is 6.97. The van der Waals surface area contributed by atoms with Crippen LogP contribution < -0.4 is 5.59 Å². The molecule has 0 N–H and O–H groups in total. The molecule has 1 aromatic heterocycles. The zero-order chi connectivity index (χ0) is 15.4. The first-order chi connectivity index (χ1) is 9.75. The van der Waals surface area contributed by atoms with Crippen LogP contribution in [-0.2, 0) is 16.4 Å². The van der Waals surface area contributed by atoms with Crippen LogP contribution in [0.4, 0.5) is 0 Å². The maximum atomic E-state index is 9.09. The molecule has 0 unspecified atom stereocenters. The first kappa shape index (κ1) is 14.1. The van der Waals surface area contributed by atoms with Crippen LogP contribution >= 0.6 is 0 Å². The van der Waals surface area contributed by atoms with Gasteiger partial charge in [0.05, 0.1) is 28.4 Å². The molecule has 2 heterocycles. The van der Waals surface area contributed by atoms with Crippen molar-refractivity contribution < 1.29 is 9.31 Å². The van der Waals surface area contributed by atoms with Crippen LogP contribution in [0.1, 0.15) is 33.3 Å². The van der Waals surface area contributed by atoms with Crippen LogP contribution in [0.25, 0.3) is 10.9 Å². The summed E-state index contributed by atoms with van der Waals surface area (Å²) in [6.07, 6.45) is 0. The van der Waals surface area contributed by atoms with E-state index >= 15 is 0 Å². The molecule has 0 amide bonds. The lowest BCUT2D eigenvalue weighted by Gasteiger charge is -2.32. The highest BCUT2D eigenvalue weighted by Crippen LogP contribution is 2.36. The summed E-state index contributed by atoms with van der Waals surface area (Å²) in [7, 11) is 1.36. The van der Waals surface area contributed by atoms with Crippen LogP contribution in [0.5, 0.6) is 0 Å². The van der Waals surface area contributed by atoms with Crippen LogP contribution in [-0.4, -0.2) is 28.1 Å². The second-order valence-electron chi connectivity index (χ2n) is 6.44. The molecule has 1 aliphatic heterocycles. The average Bonchev–Trinajstić information content (AvgIpc) is 2.84. The van der Waals surface area contributed by atoms with E-state index in [4.69, 9.17) is 14.6 Å². The summed E-state index contributed by atoms with van der Waals surface area (Å²) >= 11 is 0. The van der Waals surface area contributed by atoms with E-state index in [0.29, 0.717) is 5.56 Å². The number of hydrogen-bond acceptors (Lipinski definition) is 4. The number of aromatic nitrogens is 2. The van der Waals surface area contributed by atoms with Crippen molar-refractivity contribution in [3.05, 3.63) is 23.8 Å². The average molecular weight is 283 g/mol. The first-order valence-corrected chi connectivity index (χ1v) is 6.97. The van der Waals surface area contributed by atoms with Crippen LogP contribution in [0, 0.1) is 11.3 Å². The number of hydrogen-bond donors (Lipinski definition) is 0. The molecule has 21 heavy (non-hydrogen) atoms. The third-order valence-electron chi connectivity index (χ3n) is 4.48. The molecule has 6 heteroatoms. The number of rotatable bonds is 1. The van der Waals surface area contributed by atoms with E-state index in [1.54, 1.807) is 10.7 Å². The predicted octanol–water partition coefficient (Wildman–Crippen LogP) is 1.74. The lowest BCUT2D eigenvalue weighted by molar-refractivity contribution is 0.00578. The van der Waals surface area contributed by atoms with E-state index in [9.17, 15) is 0 Å². The Bertz CT molecular complexity index is 742. The Hall–Kier alpha value is -1.84. The van der Waals surface area contributed by atoms with Gasteiger partial charge in [-0.15, -0.1) is 0 Å². The van der Waals surface area contributed by atoms with Crippen molar-refractivity contribution in [1.82, 2.24) is 9.78 Å². The minimum absolute atomic E-state index is 0.408. The third-order valence-corrected chi connectivity index (χ3v) is 4.48. The molecule has 0 radical (unpaired) electrons. The van der Waals surface area contributed by atoms with Crippen LogP contribution in [0.15, 0.2) is 18.2 Å². The Morgan fingerprint density at radius 3 is 2.38 bits per heavy atom. The van der Waals surface area contributed by atoms with Crippen molar-refractivity contribution >= 4 is 23.6 Å². The minimum Gasteiger partial charge on any atom is -0.398 e. The van der Waals surface area contributed by atoms with Crippen molar-refractivity contribution in [3.8, 4) is 6.07 Å². The molecule has 1 aromatic carbocycles. The number of fused-ring (bicyclic) bond motifs is 1. The minimum atomic E-state index is -0.521. The van der Waals surface area contributed by atoms with E-state index in [2.05, 4.69) is 11.2 Å². The summed E-state index contributed by atoms with van der Waals surface area (Å²) < 4.78 is 13.9. The SMILES string of the molecule is Cn1nc(B2OC(C)(C)C(C)(C)O2)c2cc(C#N)ccc21. The molecule has 0 spiro atoms. The maximum absolute atomic E-state index is 9.09. The Morgan fingerprint density at radius 2 is 1.81 bits per heavy atom. The molecule has 0 atom stereocenters. The fourth-order valence-electron chi connectivity index (χ4n) is 2.49. The van der Waals surface area contributed by atoms with Gasteiger partial charge < -0.3 is 9.31 Å². The largest absolute Gasteiger partial charge is 0.517 e. The summed E-state index contributed by atoms with van der Waals surface area (Å²) in [6, 6.07) is 7.68. The van der Waals surface area contributed by atoms with E-state index in [0.717, 1.165) is 16.5 Å². The Balaban J connectivity index is 2.12. The lowest BCUT2D eigenvalue weighted by atomic mass is 9.82. The van der Waals surface area contributed by atoms with Crippen molar-refractivity contribution in [2.75, 3.05) is 0 Å². The molecule has 3 rings (SSSR count). The molecule has 0 bridgehead atoms. The third kappa shape index (κ3) is 2.05. The number of nitriles is 1. The van der Waals surface area contributed by atoms with Gasteiger partial charge in [-0.05, 0) is 45.9 Å². The smallest absolute Gasteiger partial charge is 0.398 e. The molecule has 1 aliphatic rings. The Labute approximate surface area is 124 Å². The van der Waals surface area contributed by atoms with Gasteiger partial charge in [0.25, 0.3) is 0 Å². The fraction of sp³-hybridized carbons (Fsp3) is 0.467. The lowest BCUT2D eigenvalue weighted by Crippen LogP contribution is -2.41. The zero-order valence-electron chi connectivity index (χ0n) is 13.0. The van der Waals surface area contributed by atoms with E-state index in [1.165, 1.54) is 0 Å². The van der Waals surface area contributed by atoms with Gasteiger partial charge in [0.2, 0.25) is 0 Å². The second kappa shape index (κ2) is 4.33. The number of aryl methyl sites for hydroxylation is 1. The van der Waals surface area contributed by atoms with Gasteiger partial charge in [0.1, 0.15) is 5.59 Å². The van der Waals surface area contributed by atoms with E-state index in [-0.39, 0.29) is 0 Å². The second-order valence-corrected chi connectivity index (χ2v) is 6.44. The van der Waals surface area contributed by atoms with Gasteiger partial charge in [-0.2, -0.15) is 10.4 Å². The molecule has 108 valence electrons. The summed E-state index contributed by atoms with van der Waals surface area (Å²) in [4.78, 5) is 0. The van der Waals surface area contributed by atoms with Gasteiger partial charge in [0, 0.05) is 12.4 Å². The molecule has 1 saturated heterocycles. The Kier molecular flexibility index (Phi) is 2.91. The quantitative estimate of drug-likeness (QED) is 0.748. The molecule has 0 saturated carbocycles. The molecular formula is C15H18BN3O2. The van der Waals surface area contributed by atoms with E-state index < -0.39 is 18.3 Å². The highest BCUT2D eigenvalue weighted by Gasteiger charge is 2.53. The number of benzene rings is 1. The topological polar surface area (TPSA) is 60.1 Å². The van der Waals surface area contributed by atoms with Crippen molar-refractivity contribution in [3.63, 3.8) is 0 Å². The van der Waals surface area contributed by atoms with Gasteiger partial charge in [0.15, 0.2) is 0 Å². The summed E-state index contributed by atoms with van der Waals surface area (Å²) in [6.45, 7) is 8.05. The van der Waals surface area contributed by atoms with Crippen LogP contribution in [0.3, 0.4) is 0 Å². The van der Waals surface area contributed by atoms with Crippen molar-refractivity contribution in [2.24, 2.45) is 7.05 Å². The van der Waals surface area contributed by atoms with Gasteiger partial charge >= 0.3 is 7.12 Å². The van der Waals surface area contributed by atoms with Crippen LogP contribution in [0.2, 0.25) is 0 Å². The summed E-state index contributed by atoms with van der Waals surface area (Å²) in [5.41, 5.74) is 1.47. The zero-order valence-corrected chi connectivity index (χ0v) is 13.0. The van der Waals surface area contributed by atoms with E-state index in [1.807, 2.05) is 46.9 Å². The van der Waals surface area contributed by atoms with Gasteiger partial charge in [-0.3, -0.25) is 4.68 Å². The highest BCUT2D eigenvalue weighted by atomic mass is 16.7. The van der Waals surface area contributed by atoms with Crippen molar-refractivity contribution in [2.45, 2.75) is 38.9 Å². The standard InChI is InChI=1S/C15H18BN3O2/c1-14(2)15(3,4)21-16(20-14)13-11-8-10(9-17)6-7-12(11)19(5)18-13/h6-8H,1-5H3. The van der Waals surface area contributed by atoms with Gasteiger partial charge in [-0.25, -0.2) is 0 Å². The van der Waals surface area contributed by atoms with Gasteiger partial charge in [-0.1, -0.05) is 0 Å². The summed E-state index contributed by atoms with van der Waals surface area (Å²) in [5, 5.41) is 14.5. The molecule has 1 fully saturated rings. The maximum Gasteiger partial charge on any atom is 0.517 e. The molecule has 2 aromatic rings. The number of nitrogens with zero attached hydrogens (tertiary/aromatic N) is 3. The molecular weight excluding hydrogens is 265 g/mol. The molecule has 5 nitrogen and oxygen atoms in total. The Morgan fingerprint density at radius 1 is 1.19 bits per heavy atom. The monoisotopic (exact) mass is 283 g/mol. The summed E-state index contributed by atoms with van der Waals surface area (Å²) in [5.74, 6) is 0. The fourth-order valence-corrected chi connectivity index (χ4v) is 2.49. The highest BCUT2D eigenvalue weighted by molar-refractivity contribution is 6.64. The van der Waals surface area contributed by atoms with Crippen molar-refractivity contribution in [1.29, 1.82) is 5.26 Å². The predicted molar refractivity (Wildman–Crippen MR) is 81.1 cm³/mol.